The lowest BCUT2D eigenvalue weighted by molar-refractivity contribution is 0.148. The summed E-state index contributed by atoms with van der Waals surface area (Å²) in [6.07, 6.45) is 5.00. The van der Waals surface area contributed by atoms with E-state index in [0.29, 0.717) is 11.8 Å². The lowest BCUT2D eigenvalue weighted by Gasteiger charge is -2.23. The topological polar surface area (TPSA) is 36.3 Å². The Morgan fingerprint density at radius 3 is 2.64 bits per heavy atom. The molecule has 0 aliphatic heterocycles. The molecule has 0 bridgehead atoms. The third kappa shape index (κ3) is 5.89. The molecule has 0 aromatic heterocycles. The number of rotatable bonds is 7. The fourth-order valence-electron chi connectivity index (χ4n) is 1.25. The SMILES string of the molecule is CCC(/C=C\C(C)=N)N(C)CCOC. The number of hydrogen-bond acceptors (Lipinski definition) is 3. The number of nitrogens with zero attached hydrogens (tertiary/aromatic N) is 1. The van der Waals surface area contributed by atoms with Crippen LogP contribution in [0, 0.1) is 5.41 Å². The van der Waals surface area contributed by atoms with E-state index in [2.05, 4.69) is 24.9 Å². The Kier molecular flexibility index (Phi) is 7.34. The second-order valence-electron chi connectivity index (χ2n) is 3.49. The van der Waals surface area contributed by atoms with Crippen LogP contribution in [0.3, 0.4) is 0 Å². The average Bonchev–Trinajstić information content (AvgIpc) is 2.15. The van der Waals surface area contributed by atoms with Crippen molar-refractivity contribution in [3.05, 3.63) is 12.2 Å². The van der Waals surface area contributed by atoms with Gasteiger partial charge >= 0.3 is 0 Å². The average molecular weight is 198 g/mol. The van der Waals surface area contributed by atoms with Crippen LogP contribution in [-0.2, 0) is 4.74 Å². The first-order valence-electron chi connectivity index (χ1n) is 5.04. The molecule has 82 valence electrons. The summed E-state index contributed by atoms with van der Waals surface area (Å²) in [5, 5.41) is 7.31. The van der Waals surface area contributed by atoms with E-state index < -0.39 is 0 Å². The van der Waals surface area contributed by atoms with Gasteiger partial charge in [-0.1, -0.05) is 13.0 Å². The molecule has 14 heavy (non-hydrogen) atoms. The highest BCUT2D eigenvalue weighted by atomic mass is 16.5. The van der Waals surface area contributed by atoms with Crippen LogP contribution < -0.4 is 0 Å². The van der Waals surface area contributed by atoms with E-state index in [1.165, 1.54) is 0 Å². The predicted molar refractivity (Wildman–Crippen MR) is 61.1 cm³/mol. The van der Waals surface area contributed by atoms with Gasteiger partial charge in [-0.25, -0.2) is 0 Å². The van der Waals surface area contributed by atoms with Crippen LogP contribution in [0.25, 0.3) is 0 Å². The minimum absolute atomic E-state index is 0.408. The molecule has 0 radical (unpaired) electrons. The molecular formula is C11H22N2O. The maximum absolute atomic E-state index is 7.31. The van der Waals surface area contributed by atoms with Crippen LogP contribution in [0.2, 0.25) is 0 Å². The molecule has 0 aromatic carbocycles. The normalized spacial score (nSPS) is 13.8. The molecule has 0 saturated carbocycles. The van der Waals surface area contributed by atoms with Crippen molar-refractivity contribution in [2.75, 3.05) is 27.3 Å². The molecule has 0 aliphatic carbocycles. The Bertz CT molecular complexity index is 190. The summed E-state index contributed by atoms with van der Waals surface area (Å²) in [6.45, 7) is 5.62. The monoisotopic (exact) mass is 198 g/mol. The van der Waals surface area contributed by atoms with Gasteiger partial charge in [0.05, 0.1) is 6.61 Å². The van der Waals surface area contributed by atoms with Crippen LogP contribution >= 0.6 is 0 Å². The molecule has 3 nitrogen and oxygen atoms in total. The van der Waals surface area contributed by atoms with E-state index in [9.17, 15) is 0 Å². The third-order valence-corrected chi connectivity index (χ3v) is 2.20. The van der Waals surface area contributed by atoms with Crippen molar-refractivity contribution >= 4 is 5.71 Å². The summed E-state index contributed by atoms with van der Waals surface area (Å²) in [4.78, 5) is 2.24. The summed E-state index contributed by atoms with van der Waals surface area (Å²) in [5.74, 6) is 0. The second kappa shape index (κ2) is 7.71. The first-order chi connectivity index (χ1) is 6.61. The van der Waals surface area contributed by atoms with E-state index in [1.54, 1.807) is 14.0 Å². The highest BCUT2D eigenvalue weighted by molar-refractivity contribution is 5.89. The molecular weight excluding hydrogens is 176 g/mol. The number of methoxy groups -OCH3 is 1. The molecule has 0 fully saturated rings. The van der Waals surface area contributed by atoms with Gasteiger partial charge in [0, 0.05) is 25.4 Å². The predicted octanol–water partition coefficient (Wildman–Crippen LogP) is 1.94. The van der Waals surface area contributed by atoms with E-state index in [-0.39, 0.29) is 0 Å². The van der Waals surface area contributed by atoms with Crippen LogP contribution in [0.4, 0.5) is 0 Å². The van der Waals surface area contributed by atoms with Gasteiger partial charge in [0.15, 0.2) is 0 Å². The minimum Gasteiger partial charge on any atom is -0.383 e. The lowest BCUT2D eigenvalue weighted by Crippen LogP contribution is -2.32. The zero-order chi connectivity index (χ0) is 11.0. The number of allylic oxidation sites excluding steroid dienone is 1. The van der Waals surface area contributed by atoms with E-state index >= 15 is 0 Å². The van der Waals surface area contributed by atoms with Crippen molar-refractivity contribution in [2.24, 2.45) is 0 Å². The van der Waals surface area contributed by atoms with E-state index in [0.717, 1.165) is 19.6 Å². The van der Waals surface area contributed by atoms with Gasteiger partial charge in [-0.05, 0) is 26.5 Å². The standard InChI is InChI=1S/C11H22N2O/c1-5-11(7-6-10(2)12)13(3)8-9-14-4/h6-7,11-12H,5,8-9H2,1-4H3/b7-6-,12-10?. The first-order valence-corrected chi connectivity index (χ1v) is 5.04. The second-order valence-corrected chi connectivity index (χ2v) is 3.49. The fraction of sp³-hybridized carbons (Fsp3) is 0.727. The zero-order valence-electron chi connectivity index (χ0n) is 9.71. The van der Waals surface area contributed by atoms with Crippen molar-refractivity contribution in [1.82, 2.24) is 4.90 Å². The van der Waals surface area contributed by atoms with Crippen molar-refractivity contribution in [1.29, 1.82) is 5.41 Å². The summed E-state index contributed by atoms with van der Waals surface area (Å²) >= 11 is 0. The van der Waals surface area contributed by atoms with Crippen molar-refractivity contribution < 1.29 is 4.74 Å². The molecule has 0 amide bonds. The van der Waals surface area contributed by atoms with Crippen LogP contribution in [-0.4, -0.2) is 44.0 Å². The number of ether oxygens (including phenoxy) is 1. The minimum atomic E-state index is 0.408. The molecule has 0 rings (SSSR count). The Balaban J connectivity index is 4.04. The van der Waals surface area contributed by atoms with Gasteiger partial charge < -0.3 is 10.1 Å². The highest BCUT2D eigenvalue weighted by Gasteiger charge is 2.07. The van der Waals surface area contributed by atoms with Gasteiger partial charge in [-0.3, -0.25) is 4.90 Å². The highest BCUT2D eigenvalue weighted by Crippen LogP contribution is 2.03. The van der Waals surface area contributed by atoms with Crippen molar-refractivity contribution in [2.45, 2.75) is 26.3 Å². The van der Waals surface area contributed by atoms with Gasteiger partial charge in [-0.15, -0.1) is 0 Å². The number of hydrogen-bond donors (Lipinski definition) is 1. The molecule has 0 aliphatic rings. The summed E-state index contributed by atoms with van der Waals surface area (Å²) in [7, 11) is 3.79. The van der Waals surface area contributed by atoms with Crippen LogP contribution in [0.5, 0.6) is 0 Å². The van der Waals surface area contributed by atoms with E-state index in [1.807, 2.05) is 6.08 Å². The fourth-order valence-corrected chi connectivity index (χ4v) is 1.25. The van der Waals surface area contributed by atoms with Gasteiger partial charge in [-0.2, -0.15) is 0 Å². The summed E-state index contributed by atoms with van der Waals surface area (Å²) in [5.41, 5.74) is 0.601. The quantitative estimate of drug-likeness (QED) is 0.635. The molecule has 1 unspecified atom stereocenters. The van der Waals surface area contributed by atoms with Gasteiger partial charge in [0.25, 0.3) is 0 Å². The summed E-state index contributed by atoms with van der Waals surface area (Å²) < 4.78 is 5.02. The van der Waals surface area contributed by atoms with E-state index in [4.69, 9.17) is 10.1 Å². The van der Waals surface area contributed by atoms with Gasteiger partial charge in [0.1, 0.15) is 0 Å². The Morgan fingerprint density at radius 2 is 2.21 bits per heavy atom. The van der Waals surface area contributed by atoms with Crippen molar-refractivity contribution in [3.63, 3.8) is 0 Å². The van der Waals surface area contributed by atoms with Gasteiger partial charge in [0.2, 0.25) is 0 Å². The molecule has 0 aromatic rings. The van der Waals surface area contributed by atoms with Crippen LogP contribution in [0.1, 0.15) is 20.3 Å². The number of nitrogens with one attached hydrogen (secondary N) is 1. The molecule has 0 heterocycles. The molecule has 0 saturated heterocycles. The third-order valence-electron chi connectivity index (χ3n) is 2.20. The maximum Gasteiger partial charge on any atom is 0.0589 e. The van der Waals surface area contributed by atoms with Crippen LogP contribution in [0.15, 0.2) is 12.2 Å². The summed E-state index contributed by atoms with van der Waals surface area (Å²) in [6, 6.07) is 0.408. The molecule has 0 spiro atoms. The molecule has 1 N–H and O–H groups in total. The smallest absolute Gasteiger partial charge is 0.0589 e. The number of likely N-dealkylation sites (N-methyl/N-ethyl adjacent to an activating group) is 1. The Hall–Kier alpha value is -0.670. The first kappa shape index (κ1) is 13.3. The Morgan fingerprint density at radius 1 is 1.57 bits per heavy atom. The Labute approximate surface area is 87.3 Å². The maximum atomic E-state index is 7.31. The molecule has 1 atom stereocenters. The molecule has 3 heteroatoms. The lowest BCUT2D eigenvalue weighted by atomic mass is 10.1. The largest absolute Gasteiger partial charge is 0.383 e. The zero-order valence-corrected chi connectivity index (χ0v) is 9.71. The van der Waals surface area contributed by atoms with Crippen molar-refractivity contribution in [3.8, 4) is 0 Å².